The molecule has 2 aliphatic rings. The Morgan fingerprint density at radius 3 is 2.65 bits per heavy atom. The maximum absolute atomic E-state index is 9.48. The van der Waals surface area contributed by atoms with Crippen LogP contribution in [0.1, 0.15) is 49.5 Å². The summed E-state index contributed by atoms with van der Waals surface area (Å²) in [6, 6.07) is 6.93. The molecule has 0 amide bonds. The third-order valence-corrected chi connectivity index (χ3v) is 4.16. The first-order valence-electron chi connectivity index (χ1n) is 6.77. The minimum atomic E-state index is -0.490. The van der Waals surface area contributed by atoms with Crippen molar-refractivity contribution < 1.29 is 0 Å². The Bertz CT molecular complexity index is 651. The van der Waals surface area contributed by atoms with Crippen LogP contribution >= 0.6 is 0 Å². The molecule has 0 spiro atoms. The maximum Gasteiger partial charge on any atom is 0.176 e. The van der Waals surface area contributed by atoms with Crippen molar-refractivity contribution in [3.05, 3.63) is 17.7 Å². The summed E-state index contributed by atoms with van der Waals surface area (Å²) in [7, 11) is 0. The van der Waals surface area contributed by atoms with E-state index >= 15 is 0 Å². The number of rotatable bonds is 3. The van der Waals surface area contributed by atoms with Gasteiger partial charge in [-0.2, -0.15) is 15.8 Å². The highest BCUT2D eigenvalue weighted by Gasteiger charge is 2.43. The molecule has 100 valence electrons. The van der Waals surface area contributed by atoms with Crippen LogP contribution in [-0.4, -0.2) is 21.1 Å². The molecule has 0 aromatic carbocycles. The number of nitrogens with zero attached hydrogens (tertiary/aromatic N) is 5. The van der Waals surface area contributed by atoms with Crippen molar-refractivity contribution in [3.63, 3.8) is 0 Å². The number of hydrogen-bond acceptors (Lipinski definition) is 5. The second-order valence-corrected chi connectivity index (χ2v) is 5.58. The summed E-state index contributed by atoms with van der Waals surface area (Å²) in [5.41, 5.74) is -0.0231. The van der Waals surface area contributed by atoms with Gasteiger partial charge in [0.15, 0.2) is 11.4 Å². The van der Waals surface area contributed by atoms with E-state index in [0.29, 0.717) is 18.2 Å². The van der Waals surface area contributed by atoms with Gasteiger partial charge in [-0.1, -0.05) is 0 Å². The van der Waals surface area contributed by atoms with Crippen molar-refractivity contribution >= 4 is 0 Å². The van der Waals surface area contributed by atoms with Gasteiger partial charge in [0.25, 0.3) is 0 Å². The molecule has 1 aromatic rings. The minimum Gasteiger partial charge on any atom is -0.318 e. The molecule has 1 aromatic heterocycles. The lowest BCUT2D eigenvalue weighted by Crippen LogP contribution is -2.43. The molecule has 0 bridgehead atoms. The molecule has 1 N–H and O–H groups in total. The molecule has 1 heterocycles. The van der Waals surface area contributed by atoms with E-state index in [4.69, 9.17) is 5.26 Å². The summed E-state index contributed by atoms with van der Waals surface area (Å²) in [5, 5.41) is 31.0. The highest BCUT2D eigenvalue weighted by atomic mass is 15.1. The van der Waals surface area contributed by atoms with Crippen LogP contribution in [0, 0.1) is 34.0 Å². The van der Waals surface area contributed by atoms with E-state index in [2.05, 4.69) is 16.4 Å². The summed E-state index contributed by atoms with van der Waals surface area (Å²) in [5.74, 6) is 0. The quantitative estimate of drug-likeness (QED) is 0.890. The first-order chi connectivity index (χ1) is 9.71. The minimum absolute atomic E-state index is 0.0603. The second-order valence-electron chi connectivity index (χ2n) is 5.58. The van der Waals surface area contributed by atoms with E-state index < -0.39 is 5.54 Å². The van der Waals surface area contributed by atoms with E-state index in [1.165, 1.54) is 0 Å². The Hall–Kier alpha value is -2.36. The molecule has 2 saturated carbocycles. The van der Waals surface area contributed by atoms with E-state index in [9.17, 15) is 10.5 Å². The topological polar surface area (TPSA) is 101 Å². The van der Waals surface area contributed by atoms with Gasteiger partial charge in [-0.15, -0.1) is 0 Å². The van der Waals surface area contributed by atoms with E-state index in [-0.39, 0.29) is 11.7 Å². The van der Waals surface area contributed by atoms with Crippen LogP contribution in [0.2, 0.25) is 0 Å². The van der Waals surface area contributed by atoms with Crippen LogP contribution in [0.5, 0.6) is 0 Å². The third-order valence-electron chi connectivity index (χ3n) is 4.16. The summed E-state index contributed by atoms with van der Waals surface area (Å²) in [4.78, 5) is 3.97. The van der Waals surface area contributed by atoms with Crippen molar-refractivity contribution in [2.45, 2.75) is 49.7 Å². The largest absolute Gasteiger partial charge is 0.318 e. The third kappa shape index (κ3) is 2.03. The zero-order chi connectivity index (χ0) is 14.2. The molecule has 3 rings (SSSR count). The van der Waals surface area contributed by atoms with Gasteiger partial charge in [0.1, 0.15) is 17.7 Å². The average molecular weight is 266 g/mol. The molecule has 0 radical (unpaired) electrons. The molecular weight excluding hydrogens is 252 g/mol. The number of aromatic nitrogens is 2. The van der Waals surface area contributed by atoms with Crippen LogP contribution in [0.3, 0.4) is 0 Å². The maximum atomic E-state index is 9.48. The summed E-state index contributed by atoms with van der Waals surface area (Å²) in [6.07, 6.45) is 6.09. The first-order valence-corrected chi connectivity index (χ1v) is 6.77. The Kier molecular flexibility index (Phi) is 2.93. The van der Waals surface area contributed by atoms with Crippen molar-refractivity contribution in [1.29, 1.82) is 15.8 Å². The van der Waals surface area contributed by atoms with Gasteiger partial charge in [0.2, 0.25) is 0 Å². The zero-order valence-electron chi connectivity index (χ0n) is 11.0. The molecule has 2 aliphatic carbocycles. The molecular formula is C14H14N6. The summed E-state index contributed by atoms with van der Waals surface area (Å²) < 4.78 is 1.76. The Balaban J connectivity index is 1.84. The average Bonchev–Trinajstić information content (AvgIpc) is 3.03. The van der Waals surface area contributed by atoms with Gasteiger partial charge in [-0.25, -0.2) is 4.98 Å². The zero-order valence-corrected chi connectivity index (χ0v) is 11.0. The van der Waals surface area contributed by atoms with Gasteiger partial charge in [0.05, 0.1) is 12.4 Å². The van der Waals surface area contributed by atoms with E-state index in [1.807, 2.05) is 12.1 Å². The first kappa shape index (κ1) is 12.7. The predicted octanol–water partition coefficient (Wildman–Crippen LogP) is 1.37. The number of hydrogen-bond donors (Lipinski definition) is 1. The molecule has 0 aliphatic heterocycles. The Labute approximate surface area is 117 Å². The fourth-order valence-corrected chi connectivity index (χ4v) is 2.97. The summed E-state index contributed by atoms with van der Waals surface area (Å²) in [6.45, 7) is 0. The van der Waals surface area contributed by atoms with Gasteiger partial charge in [-0.05, 0) is 32.1 Å². The SMILES string of the molecule is N#Cc1ncn(C2CCC(C#N)(NC3CC3)C2)c1C#N. The van der Waals surface area contributed by atoms with Crippen molar-refractivity contribution in [3.8, 4) is 18.2 Å². The van der Waals surface area contributed by atoms with Crippen molar-refractivity contribution in [2.24, 2.45) is 0 Å². The van der Waals surface area contributed by atoms with Crippen molar-refractivity contribution in [1.82, 2.24) is 14.9 Å². The lowest BCUT2D eigenvalue weighted by Gasteiger charge is -2.23. The highest BCUT2D eigenvalue weighted by molar-refractivity contribution is 5.36. The molecule has 0 saturated heterocycles. The summed E-state index contributed by atoms with van der Waals surface area (Å²) >= 11 is 0. The number of nitrogens with one attached hydrogen (secondary N) is 1. The van der Waals surface area contributed by atoms with E-state index in [1.54, 1.807) is 10.9 Å². The van der Waals surface area contributed by atoms with Gasteiger partial charge < -0.3 is 4.57 Å². The molecule has 6 nitrogen and oxygen atoms in total. The normalized spacial score (nSPS) is 28.6. The van der Waals surface area contributed by atoms with Crippen LogP contribution < -0.4 is 5.32 Å². The van der Waals surface area contributed by atoms with Crippen LogP contribution in [0.25, 0.3) is 0 Å². The van der Waals surface area contributed by atoms with Crippen LogP contribution in [0.15, 0.2) is 6.33 Å². The lowest BCUT2D eigenvalue weighted by atomic mass is 9.99. The smallest absolute Gasteiger partial charge is 0.176 e. The van der Waals surface area contributed by atoms with Gasteiger partial charge >= 0.3 is 0 Å². The fourth-order valence-electron chi connectivity index (χ4n) is 2.97. The monoisotopic (exact) mass is 266 g/mol. The lowest BCUT2D eigenvalue weighted by molar-refractivity contribution is 0.396. The number of imidazole rings is 1. The van der Waals surface area contributed by atoms with Crippen molar-refractivity contribution in [2.75, 3.05) is 0 Å². The molecule has 2 atom stereocenters. The molecule has 2 unspecified atom stereocenters. The molecule has 6 heteroatoms. The fraction of sp³-hybridized carbons (Fsp3) is 0.571. The van der Waals surface area contributed by atoms with E-state index in [0.717, 1.165) is 25.7 Å². The molecule has 20 heavy (non-hydrogen) atoms. The Morgan fingerprint density at radius 1 is 1.25 bits per heavy atom. The Morgan fingerprint density at radius 2 is 2.05 bits per heavy atom. The second kappa shape index (κ2) is 4.63. The van der Waals surface area contributed by atoms with Crippen LogP contribution in [-0.2, 0) is 0 Å². The number of nitriles is 3. The molecule has 2 fully saturated rings. The van der Waals surface area contributed by atoms with Gasteiger partial charge in [0, 0.05) is 12.1 Å². The standard InChI is InChI=1S/C14H14N6/c15-6-12-13(7-16)20(9-18-12)11-3-4-14(5-11,8-17)19-10-1-2-10/h9-11,19H,1-5H2. The van der Waals surface area contributed by atoms with Gasteiger partial charge in [-0.3, -0.25) is 5.32 Å². The van der Waals surface area contributed by atoms with Crippen LogP contribution in [0.4, 0.5) is 0 Å². The predicted molar refractivity (Wildman–Crippen MR) is 69.0 cm³/mol. The highest BCUT2D eigenvalue weighted by Crippen LogP contribution is 2.40.